The van der Waals surface area contributed by atoms with Crippen LogP contribution in [0.25, 0.3) is 11.5 Å². The number of pyridine rings is 1. The molecule has 28 heavy (non-hydrogen) atoms. The number of alkyl halides is 2. The lowest BCUT2D eigenvalue weighted by molar-refractivity contribution is -0.120. The summed E-state index contributed by atoms with van der Waals surface area (Å²) in [4.78, 5) is 30.6. The van der Waals surface area contributed by atoms with Crippen molar-refractivity contribution in [2.45, 2.75) is 57.7 Å². The molecule has 2 amide bonds. The van der Waals surface area contributed by atoms with Crippen molar-refractivity contribution in [1.29, 1.82) is 0 Å². The lowest BCUT2D eigenvalue weighted by atomic mass is 9.89. The lowest BCUT2D eigenvalue weighted by Gasteiger charge is -2.38. The van der Waals surface area contributed by atoms with Crippen molar-refractivity contribution in [3.63, 3.8) is 0 Å². The molecule has 1 fully saturated rings. The van der Waals surface area contributed by atoms with Crippen LogP contribution in [0.15, 0.2) is 16.7 Å². The van der Waals surface area contributed by atoms with Crippen molar-refractivity contribution in [3.05, 3.63) is 29.4 Å². The molecule has 1 aliphatic heterocycles. The summed E-state index contributed by atoms with van der Waals surface area (Å²) in [5, 5.41) is 9.85. The number of halogens is 2. The highest BCUT2D eigenvalue weighted by Gasteiger charge is 2.39. The minimum absolute atomic E-state index is 0.0893. The Bertz CT molecular complexity index is 916. The summed E-state index contributed by atoms with van der Waals surface area (Å²) in [6, 6.07) is 1.36. The van der Waals surface area contributed by atoms with Gasteiger partial charge < -0.3 is 14.6 Å². The Kier molecular flexibility index (Phi) is 4.78. The highest BCUT2D eigenvalue weighted by molar-refractivity contribution is 5.99. The van der Waals surface area contributed by atoms with E-state index in [1.165, 1.54) is 13.1 Å². The van der Waals surface area contributed by atoms with Crippen LogP contribution in [0.4, 0.5) is 8.78 Å². The van der Waals surface area contributed by atoms with E-state index in [4.69, 9.17) is 4.42 Å². The number of nitrogens with one attached hydrogen (secondary N) is 1. The Labute approximate surface area is 159 Å². The molecule has 2 atom stereocenters. The number of aromatic nitrogens is 3. The Balaban J connectivity index is 1.58. The van der Waals surface area contributed by atoms with Gasteiger partial charge in [-0.15, -0.1) is 10.2 Å². The number of hydrogen-bond donors (Lipinski definition) is 1. The van der Waals surface area contributed by atoms with E-state index in [0.29, 0.717) is 23.4 Å². The number of hydrogen-bond acceptors (Lipinski definition) is 6. The van der Waals surface area contributed by atoms with Gasteiger partial charge in [-0.25, -0.2) is 0 Å². The monoisotopic (exact) mass is 391 g/mol. The third-order valence-corrected chi connectivity index (χ3v) is 5.17. The fraction of sp³-hybridized carbons (Fsp3) is 0.500. The third-order valence-electron chi connectivity index (χ3n) is 5.17. The normalized spacial score (nSPS) is 21.9. The van der Waals surface area contributed by atoms with Crippen LogP contribution in [-0.4, -0.2) is 44.0 Å². The molecule has 4 rings (SSSR count). The SMILES string of the molecule is CC(=O)N[C@@H]1CCCC[C@H]1N1Cc2ncc(-c3nnc(C(F)F)o3)cc2C1=O. The zero-order valence-electron chi connectivity index (χ0n) is 15.2. The van der Waals surface area contributed by atoms with Gasteiger partial charge in [0, 0.05) is 19.2 Å². The van der Waals surface area contributed by atoms with Crippen LogP contribution in [0.1, 0.15) is 61.0 Å². The van der Waals surface area contributed by atoms with Gasteiger partial charge in [-0.3, -0.25) is 14.6 Å². The molecule has 0 radical (unpaired) electrons. The Morgan fingerprint density at radius 1 is 1.32 bits per heavy atom. The molecule has 1 saturated carbocycles. The van der Waals surface area contributed by atoms with Crippen LogP contribution >= 0.6 is 0 Å². The first-order valence-corrected chi connectivity index (χ1v) is 9.13. The molecule has 3 heterocycles. The minimum atomic E-state index is -2.86. The molecule has 0 saturated heterocycles. The maximum absolute atomic E-state index is 13.0. The van der Waals surface area contributed by atoms with Gasteiger partial charge in [-0.05, 0) is 18.9 Å². The maximum atomic E-state index is 13.0. The number of carbonyl (C=O) groups is 2. The molecule has 0 bridgehead atoms. The van der Waals surface area contributed by atoms with Crippen LogP contribution < -0.4 is 5.32 Å². The molecular formula is C18H19F2N5O3. The molecule has 10 heteroatoms. The second-order valence-corrected chi connectivity index (χ2v) is 7.06. The number of amides is 2. The zero-order chi connectivity index (χ0) is 19.8. The Morgan fingerprint density at radius 3 is 2.82 bits per heavy atom. The van der Waals surface area contributed by atoms with Crippen molar-refractivity contribution in [2.75, 3.05) is 0 Å². The summed E-state index contributed by atoms with van der Waals surface area (Å²) in [5.74, 6) is -1.19. The smallest absolute Gasteiger partial charge is 0.314 e. The average Bonchev–Trinajstić information content (AvgIpc) is 3.27. The van der Waals surface area contributed by atoms with Crippen LogP contribution in [-0.2, 0) is 11.3 Å². The van der Waals surface area contributed by atoms with Gasteiger partial charge >= 0.3 is 6.43 Å². The maximum Gasteiger partial charge on any atom is 0.314 e. The van der Waals surface area contributed by atoms with E-state index in [1.807, 2.05) is 0 Å². The summed E-state index contributed by atoms with van der Waals surface area (Å²) in [5.41, 5.74) is 1.31. The first kappa shape index (κ1) is 18.5. The Hall–Kier alpha value is -2.91. The van der Waals surface area contributed by atoms with E-state index in [0.717, 1.165) is 25.7 Å². The molecule has 0 aromatic carbocycles. The van der Waals surface area contributed by atoms with Gasteiger partial charge in [0.1, 0.15) is 0 Å². The number of nitrogens with zero attached hydrogens (tertiary/aromatic N) is 4. The molecule has 1 aliphatic carbocycles. The summed E-state index contributed by atoms with van der Waals surface area (Å²) >= 11 is 0. The second kappa shape index (κ2) is 7.25. The van der Waals surface area contributed by atoms with E-state index < -0.39 is 12.3 Å². The van der Waals surface area contributed by atoms with Gasteiger partial charge in [0.25, 0.3) is 11.8 Å². The van der Waals surface area contributed by atoms with Gasteiger partial charge in [0.2, 0.25) is 11.8 Å². The quantitative estimate of drug-likeness (QED) is 0.859. The van der Waals surface area contributed by atoms with E-state index >= 15 is 0 Å². The predicted molar refractivity (Wildman–Crippen MR) is 92.2 cm³/mol. The van der Waals surface area contributed by atoms with Crippen LogP contribution in [0.5, 0.6) is 0 Å². The fourth-order valence-corrected chi connectivity index (χ4v) is 3.93. The van der Waals surface area contributed by atoms with E-state index in [2.05, 4.69) is 20.5 Å². The molecule has 2 aromatic rings. The summed E-state index contributed by atoms with van der Waals surface area (Å²) in [7, 11) is 0. The summed E-state index contributed by atoms with van der Waals surface area (Å²) in [6.45, 7) is 1.82. The average molecular weight is 391 g/mol. The second-order valence-electron chi connectivity index (χ2n) is 7.06. The van der Waals surface area contributed by atoms with Crippen LogP contribution in [0.2, 0.25) is 0 Å². The first-order valence-electron chi connectivity index (χ1n) is 9.13. The van der Waals surface area contributed by atoms with Gasteiger partial charge in [0.15, 0.2) is 0 Å². The van der Waals surface area contributed by atoms with Crippen molar-refractivity contribution in [3.8, 4) is 11.5 Å². The van der Waals surface area contributed by atoms with Crippen molar-refractivity contribution in [1.82, 2.24) is 25.4 Å². The minimum Gasteiger partial charge on any atom is -0.415 e. The van der Waals surface area contributed by atoms with Crippen LogP contribution in [0.3, 0.4) is 0 Å². The number of carbonyl (C=O) groups excluding carboxylic acids is 2. The zero-order valence-corrected chi connectivity index (χ0v) is 15.2. The third kappa shape index (κ3) is 3.34. The standard InChI is InChI=1S/C18H19F2N5O3/c1-9(26)22-12-4-2-3-5-14(12)25-8-13-11(18(25)27)6-10(7-21-13)16-23-24-17(28-16)15(19)20/h6-7,12,14-15H,2-5,8H2,1H3,(H,22,26)/t12-,14-/m1/s1. The molecule has 148 valence electrons. The fourth-order valence-electron chi connectivity index (χ4n) is 3.93. The molecule has 2 aromatic heterocycles. The number of fused-ring (bicyclic) bond motifs is 1. The molecule has 0 spiro atoms. The summed E-state index contributed by atoms with van der Waals surface area (Å²) in [6.07, 6.45) is 2.18. The highest BCUT2D eigenvalue weighted by Crippen LogP contribution is 2.32. The molecule has 0 unspecified atom stereocenters. The predicted octanol–water partition coefficient (Wildman–Crippen LogP) is 2.47. The lowest BCUT2D eigenvalue weighted by Crippen LogP contribution is -2.53. The van der Waals surface area contributed by atoms with E-state index in [1.54, 1.807) is 11.0 Å². The van der Waals surface area contributed by atoms with E-state index in [9.17, 15) is 18.4 Å². The highest BCUT2D eigenvalue weighted by atomic mass is 19.3. The molecular weight excluding hydrogens is 372 g/mol. The number of rotatable bonds is 4. The topological polar surface area (TPSA) is 101 Å². The first-order chi connectivity index (χ1) is 13.4. The van der Waals surface area contributed by atoms with Gasteiger partial charge in [-0.1, -0.05) is 12.8 Å². The molecule has 8 nitrogen and oxygen atoms in total. The van der Waals surface area contributed by atoms with Crippen LogP contribution in [0, 0.1) is 0 Å². The van der Waals surface area contributed by atoms with Gasteiger partial charge in [-0.2, -0.15) is 8.78 Å². The Morgan fingerprint density at radius 2 is 2.11 bits per heavy atom. The van der Waals surface area contributed by atoms with Gasteiger partial charge in [0.05, 0.1) is 29.4 Å². The van der Waals surface area contributed by atoms with Crippen molar-refractivity contribution in [2.24, 2.45) is 0 Å². The molecule has 2 aliphatic rings. The molecule has 1 N–H and O–H groups in total. The van der Waals surface area contributed by atoms with E-state index in [-0.39, 0.29) is 29.8 Å². The van der Waals surface area contributed by atoms with Crippen molar-refractivity contribution < 1.29 is 22.8 Å². The summed E-state index contributed by atoms with van der Waals surface area (Å²) < 4.78 is 30.3. The van der Waals surface area contributed by atoms with Crippen molar-refractivity contribution >= 4 is 11.8 Å². The largest absolute Gasteiger partial charge is 0.415 e.